The Kier molecular flexibility index (Phi) is 4.03. The second kappa shape index (κ2) is 5.53. The average Bonchev–Trinajstić information content (AvgIpc) is 2.93. The van der Waals surface area contributed by atoms with Gasteiger partial charge in [0.05, 0.1) is 24.3 Å². The highest BCUT2D eigenvalue weighted by Crippen LogP contribution is 2.21. The first kappa shape index (κ1) is 13.1. The summed E-state index contributed by atoms with van der Waals surface area (Å²) in [5.41, 5.74) is 0.786. The smallest absolute Gasteiger partial charge is 0.229 e. The van der Waals surface area contributed by atoms with Gasteiger partial charge in [-0.05, 0) is 0 Å². The Balaban J connectivity index is 2.00. The van der Waals surface area contributed by atoms with Gasteiger partial charge in [-0.1, -0.05) is 30.8 Å². The molecule has 0 amide bonds. The minimum absolute atomic E-state index is 0.0102. The van der Waals surface area contributed by atoms with E-state index in [1.165, 1.54) is 11.8 Å². The van der Waals surface area contributed by atoms with E-state index in [1.807, 2.05) is 25.5 Å². The molecule has 0 aliphatic carbocycles. The minimum Gasteiger partial charge on any atom is -0.390 e. The third-order valence-corrected chi connectivity index (χ3v) is 3.55. The highest BCUT2D eigenvalue weighted by Gasteiger charge is 2.12. The van der Waals surface area contributed by atoms with Crippen molar-refractivity contribution in [2.45, 2.75) is 37.3 Å². The second-order valence-corrected chi connectivity index (χ2v) is 5.18. The molecular weight excluding hydrogens is 252 g/mol. The second-order valence-electron chi connectivity index (χ2n) is 4.24. The van der Waals surface area contributed by atoms with Crippen LogP contribution in [-0.4, -0.2) is 24.8 Å². The van der Waals surface area contributed by atoms with Gasteiger partial charge in [-0.2, -0.15) is 4.98 Å². The van der Waals surface area contributed by atoms with Crippen molar-refractivity contribution >= 4 is 11.8 Å². The molecule has 0 saturated carbocycles. The van der Waals surface area contributed by atoms with Crippen LogP contribution in [-0.2, 0) is 19.4 Å². The van der Waals surface area contributed by atoms with Crippen molar-refractivity contribution in [3.63, 3.8) is 0 Å². The summed E-state index contributed by atoms with van der Waals surface area (Å²) < 4.78 is 6.98. The molecule has 0 aliphatic heterocycles. The van der Waals surface area contributed by atoms with E-state index in [-0.39, 0.29) is 12.5 Å². The number of hydrogen-bond donors (Lipinski definition) is 1. The fraction of sp³-hybridized carbons (Fsp3) is 0.545. The van der Waals surface area contributed by atoms with Crippen molar-refractivity contribution in [3.05, 3.63) is 23.6 Å². The number of aromatic nitrogens is 4. The molecule has 0 aromatic carbocycles. The molecule has 2 heterocycles. The third kappa shape index (κ3) is 2.73. The highest BCUT2D eigenvalue weighted by molar-refractivity contribution is 7.98. The summed E-state index contributed by atoms with van der Waals surface area (Å²) in [4.78, 5) is 8.52. The van der Waals surface area contributed by atoms with Gasteiger partial charge >= 0.3 is 0 Å². The molecule has 7 heteroatoms. The van der Waals surface area contributed by atoms with Crippen molar-refractivity contribution in [2.75, 3.05) is 0 Å². The maximum Gasteiger partial charge on any atom is 0.229 e. The summed E-state index contributed by atoms with van der Waals surface area (Å²) in [5, 5.41) is 13.8. The Morgan fingerprint density at radius 2 is 2.28 bits per heavy atom. The van der Waals surface area contributed by atoms with E-state index in [4.69, 9.17) is 9.63 Å². The summed E-state index contributed by atoms with van der Waals surface area (Å²) in [5.74, 6) is 2.16. The van der Waals surface area contributed by atoms with Gasteiger partial charge in [-0.3, -0.25) is 0 Å². The topological polar surface area (TPSA) is 77.0 Å². The van der Waals surface area contributed by atoms with Crippen LogP contribution in [0.3, 0.4) is 0 Å². The van der Waals surface area contributed by atoms with E-state index in [0.717, 1.165) is 10.9 Å². The molecule has 1 N–H and O–H groups in total. The fourth-order valence-corrected chi connectivity index (χ4v) is 2.21. The Morgan fingerprint density at radius 3 is 2.83 bits per heavy atom. The minimum atomic E-state index is -0.0102. The number of aliphatic hydroxyl groups excluding tert-OH is 1. The molecule has 2 rings (SSSR count). The Hall–Kier alpha value is -1.34. The number of nitrogens with zero attached hydrogens (tertiary/aromatic N) is 4. The maximum atomic E-state index is 9.07. The number of thioether (sulfide) groups is 1. The summed E-state index contributed by atoms with van der Waals surface area (Å²) in [6.45, 7) is 4.01. The molecule has 2 aromatic rings. The number of imidazole rings is 1. The zero-order chi connectivity index (χ0) is 13.1. The van der Waals surface area contributed by atoms with Gasteiger partial charge in [0, 0.05) is 13.0 Å². The van der Waals surface area contributed by atoms with Crippen LogP contribution >= 0.6 is 11.8 Å². The number of hydrogen-bond acceptors (Lipinski definition) is 6. The molecule has 98 valence electrons. The third-order valence-electron chi connectivity index (χ3n) is 2.51. The van der Waals surface area contributed by atoms with Crippen molar-refractivity contribution < 1.29 is 9.63 Å². The lowest BCUT2D eigenvalue weighted by molar-refractivity contribution is 0.271. The summed E-state index contributed by atoms with van der Waals surface area (Å²) in [6.07, 6.45) is 1.66. The van der Waals surface area contributed by atoms with Gasteiger partial charge < -0.3 is 14.2 Å². The SMILES string of the molecule is CC(C)c1nc(CSc2ncc(CO)n2C)no1. The summed E-state index contributed by atoms with van der Waals surface area (Å²) in [7, 11) is 1.87. The first-order valence-electron chi connectivity index (χ1n) is 5.68. The maximum absolute atomic E-state index is 9.07. The van der Waals surface area contributed by atoms with E-state index in [2.05, 4.69) is 15.1 Å². The quantitative estimate of drug-likeness (QED) is 0.832. The van der Waals surface area contributed by atoms with Crippen LogP contribution in [0.5, 0.6) is 0 Å². The van der Waals surface area contributed by atoms with Crippen molar-refractivity contribution in [3.8, 4) is 0 Å². The summed E-state index contributed by atoms with van der Waals surface area (Å²) >= 11 is 1.52. The first-order chi connectivity index (χ1) is 8.61. The molecule has 2 aromatic heterocycles. The molecule has 0 unspecified atom stereocenters. The van der Waals surface area contributed by atoms with E-state index in [9.17, 15) is 0 Å². The van der Waals surface area contributed by atoms with Crippen molar-refractivity contribution in [1.29, 1.82) is 0 Å². The number of rotatable bonds is 5. The lowest BCUT2D eigenvalue weighted by Crippen LogP contribution is -1.97. The van der Waals surface area contributed by atoms with Gasteiger partial charge in [-0.25, -0.2) is 4.98 Å². The zero-order valence-corrected chi connectivity index (χ0v) is 11.4. The fourth-order valence-electron chi connectivity index (χ4n) is 1.40. The van der Waals surface area contributed by atoms with Crippen molar-refractivity contribution in [1.82, 2.24) is 19.7 Å². The van der Waals surface area contributed by atoms with Crippen LogP contribution in [0.2, 0.25) is 0 Å². The highest BCUT2D eigenvalue weighted by atomic mass is 32.2. The van der Waals surface area contributed by atoms with Crippen LogP contribution in [0.1, 0.15) is 37.2 Å². The number of aliphatic hydroxyl groups is 1. The van der Waals surface area contributed by atoms with Gasteiger partial charge in [0.15, 0.2) is 11.0 Å². The Labute approximate surface area is 109 Å². The van der Waals surface area contributed by atoms with Crippen LogP contribution < -0.4 is 0 Å². The average molecular weight is 268 g/mol. The van der Waals surface area contributed by atoms with E-state index in [0.29, 0.717) is 17.5 Å². The van der Waals surface area contributed by atoms with E-state index >= 15 is 0 Å². The molecule has 0 aliphatic rings. The largest absolute Gasteiger partial charge is 0.390 e. The lowest BCUT2D eigenvalue weighted by Gasteiger charge is -2.01. The standard InChI is InChI=1S/C11H16N4O2S/c1-7(2)10-13-9(14-17-10)6-18-11-12-4-8(5-16)15(11)3/h4,7,16H,5-6H2,1-3H3. The Bertz CT molecular complexity index is 521. The Morgan fingerprint density at radius 1 is 1.50 bits per heavy atom. The molecule has 0 bridgehead atoms. The predicted octanol–water partition coefficient (Wildman–Crippen LogP) is 1.71. The van der Waals surface area contributed by atoms with E-state index in [1.54, 1.807) is 6.20 Å². The normalized spacial score (nSPS) is 11.4. The monoisotopic (exact) mass is 268 g/mol. The molecule has 0 fully saturated rings. The van der Waals surface area contributed by atoms with Crippen LogP contribution in [0.4, 0.5) is 0 Å². The van der Waals surface area contributed by atoms with Crippen molar-refractivity contribution in [2.24, 2.45) is 7.05 Å². The van der Waals surface area contributed by atoms with Crippen LogP contribution in [0.25, 0.3) is 0 Å². The predicted molar refractivity (Wildman–Crippen MR) is 67.1 cm³/mol. The lowest BCUT2D eigenvalue weighted by atomic mass is 10.2. The molecule has 0 spiro atoms. The zero-order valence-electron chi connectivity index (χ0n) is 10.6. The summed E-state index contributed by atoms with van der Waals surface area (Å²) in [6, 6.07) is 0. The molecule has 18 heavy (non-hydrogen) atoms. The van der Waals surface area contributed by atoms with E-state index < -0.39 is 0 Å². The molecule has 0 radical (unpaired) electrons. The first-order valence-corrected chi connectivity index (χ1v) is 6.67. The van der Waals surface area contributed by atoms with Gasteiger partial charge in [0.1, 0.15) is 0 Å². The molecule has 6 nitrogen and oxygen atoms in total. The van der Waals surface area contributed by atoms with Gasteiger partial charge in [0.25, 0.3) is 0 Å². The van der Waals surface area contributed by atoms with Gasteiger partial charge in [0.2, 0.25) is 5.89 Å². The van der Waals surface area contributed by atoms with Gasteiger partial charge in [-0.15, -0.1) is 0 Å². The molecule has 0 saturated heterocycles. The van der Waals surface area contributed by atoms with Crippen LogP contribution in [0.15, 0.2) is 15.9 Å². The van der Waals surface area contributed by atoms with Crippen LogP contribution in [0, 0.1) is 0 Å². The molecular formula is C11H16N4O2S. The molecule has 0 atom stereocenters.